The second-order valence-corrected chi connectivity index (χ2v) is 6.98. The van der Waals surface area contributed by atoms with E-state index in [4.69, 9.17) is 4.74 Å². The van der Waals surface area contributed by atoms with Crippen LogP contribution < -0.4 is 5.56 Å². The fourth-order valence-electron chi connectivity index (χ4n) is 3.09. The molecule has 1 amide bonds. The molecule has 0 unspecified atom stereocenters. The summed E-state index contributed by atoms with van der Waals surface area (Å²) in [6, 6.07) is 16.5. The van der Waals surface area contributed by atoms with Crippen LogP contribution in [0.3, 0.4) is 0 Å². The Hall–Kier alpha value is -3.41. The highest BCUT2D eigenvalue weighted by molar-refractivity contribution is 5.94. The van der Waals surface area contributed by atoms with Gasteiger partial charge in [-0.15, -0.1) is 0 Å². The van der Waals surface area contributed by atoms with Crippen molar-refractivity contribution in [3.05, 3.63) is 81.8 Å². The van der Waals surface area contributed by atoms with Crippen LogP contribution >= 0.6 is 0 Å². The van der Waals surface area contributed by atoms with E-state index in [-0.39, 0.29) is 23.8 Å². The lowest BCUT2D eigenvalue weighted by Gasteiger charge is -2.22. The predicted molar refractivity (Wildman–Crippen MR) is 112 cm³/mol. The van der Waals surface area contributed by atoms with Gasteiger partial charge in [0.1, 0.15) is 5.69 Å². The van der Waals surface area contributed by atoms with E-state index < -0.39 is 5.97 Å². The summed E-state index contributed by atoms with van der Waals surface area (Å²) in [4.78, 5) is 41.3. The standard InChI is InChI=1S/C23H24N2O4/c1-3-12-25(14-17-10-8-16(2)9-11-17)21(26)15-29-23(28)20-13-18-6-4-5-7-19(18)22(27)24-20/h4-11,13H,3,12,14-15H2,1-2H3,(H,24,27). The van der Waals surface area contributed by atoms with Crippen LogP contribution in [-0.4, -0.2) is 34.9 Å². The number of hydrogen-bond donors (Lipinski definition) is 1. The molecule has 1 aromatic heterocycles. The monoisotopic (exact) mass is 392 g/mol. The van der Waals surface area contributed by atoms with Crippen molar-refractivity contribution >= 4 is 22.6 Å². The second-order valence-electron chi connectivity index (χ2n) is 6.98. The molecular weight excluding hydrogens is 368 g/mol. The molecule has 0 bridgehead atoms. The highest BCUT2D eigenvalue weighted by Crippen LogP contribution is 2.11. The van der Waals surface area contributed by atoms with Crippen molar-refractivity contribution in [2.75, 3.05) is 13.2 Å². The van der Waals surface area contributed by atoms with Crippen molar-refractivity contribution in [2.45, 2.75) is 26.8 Å². The van der Waals surface area contributed by atoms with E-state index in [0.717, 1.165) is 17.5 Å². The van der Waals surface area contributed by atoms with Crippen molar-refractivity contribution in [3.63, 3.8) is 0 Å². The lowest BCUT2D eigenvalue weighted by molar-refractivity contribution is -0.135. The van der Waals surface area contributed by atoms with Gasteiger partial charge in [0.2, 0.25) is 0 Å². The van der Waals surface area contributed by atoms with E-state index in [0.29, 0.717) is 23.9 Å². The number of benzene rings is 2. The van der Waals surface area contributed by atoms with Gasteiger partial charge in [-0.05, 0) is 36.4 Å². The molecule has 0 spiro atoms. The number of carbonyl (C=O) groups excluding carboxylic acids is 2. The number of ether oxygens (including phenoxy) is 1. The SMILES string of the molecule is CCCN(Cc1ccc(C)cc1)C(=O)COC(=O)c1cc2ccccc2c(=O)[nH]1. The number of pyridine rings is 1. The van der Waals surface area contributed by atoms with E-state index in [1.807, 2.05) is 38.1 Å². The minimum Gasteiger partial charge on any atom is -0.451 e. The molecule has 0 saturated heterocycles. The van der Waals surface area contributed by atoms with Crippen molar-refractivity contribution in [1.29, 1.82) is 0 Å². The third kappa shape index (κ3) is 5.10. The summed E-state index contributed by atoms with van der Waals surface area (Å²) in [5, 5.41) is 1.13. The van der Waals surface area contributed by atoms with Crippen LogP contribution in [-0.2, 0) is 16.1 Å². The number of hydrogen-bond acceptors (Lipinski definition) is 4. The van der Waals surface area contributed by atoms with Gasteiger partial charge in [-0.1, -0.05) is 55.0 Å². The first kappa shape index (κ1) is 20.3. The number of H-pyrrole nitrogens is 1. The summed E-state index contributed by atoms with van der Waals surface area (Å²) in [6.45, 7) is 4.64. The normalized spacial score (nSPS) is 10.7. The van der Waals surface area contributed by atoms with Gasteiger partial charge in [-0.3, -0.25) is 9.59 Å². The molecule has 0 radical (unpaired) electrons. The van der Waals surface area contributed by atoms with Crippen LogP contribution in [0.1, 0.15) is 35.0 Å². The molecule has 1 N–H and O–H groups in total. The van der Waals surface area contributed by atoms with Crippen molar-refractivity contribution < 1.29 is 14.3 Å². The van der Waals surface area contributed by atoms with Gasteiger partial charge in [0, 0.05) is 18.5 Å². The van der Waals surface area contributed by atoms with E-state index >= 15 is 0 Å². The lowest BCUT2D eigenvalue weighted by atomic mass is 10.1. The van der Waals surface area contributed by atoms with Crippen LogP contribution in [0, 0.1) is 6.92 Å². The number of aromatic nitrogens is 1. The summed E-state index contributed by atoms with van der Waals surface area (Å²) < 4.78 is 5.18. The molecule has 6 nitrogen and oxygen atoms in total. The fourth-order valence-corrected chi connectivity index (χ4v) is 3.09. The maximum absolute atomic E-state index is 12.6. The highest BCUT2D eigenvalue weighted by Gasteiger charge is 2.17. The minimum atomic E-state index is -0.729. The number of aromatic amines is 1. The van der Waals surface area contributed by atoms with Crippen LogP contribution in [0.5, 0.6) is 0 Å². The maximum Gasteiger partial charge on any atom is 0.355 e. The number of esters is 1. The van der Waals surface area contributed by atoms with Crippen LogP contribution in [0.25, 0.3) is 10.8 Å². The van der Waals surface area contributed by atoms with Crippen molar-refractivity contribution in [3.8, 4) is 0 Å². The van der Waals surface area contributed by atoms with Gasteiger partial charge in [-0.25, -0.2) is 4.79 Å². The van der Waals surface area contributed by atoms with E-state index in [1.54, 1.807) is 35.2 Å². The summed E-state index contributed by atoms with van der Waals surface area (Å²) >= 11 is 0. The number of nitrogens with zero attached hydrogens (tertiary/aromatic N) is 1. The highest BCUT2D eigenvalue weighted by atomic mass is 16.5. The average molecular weight is 392 g/mol. The summed E-state index contributed by atoms with van der Waals surface area (Å²) in [6.07, 6.45) is 0.795. The topological polar surface area (TPSA) is 79.5 Å². The van der Waals surface area contributed by atoms with E-state index in [2.05, 4.69) is 4.98 Å². The van der Waals surface area contributed by atoms with Gasteiger partial charge < -0.3 is 14.6 Å². The molecule has 0 aliphatic carbocycles. The van der Waals surface area contributed by atoms with Gasteiger partial charge in [-0.2, -0.15) is 0 Å². The Bertz CT molecular complexity index is 1070. The molecule has 0 aliphatic rings. The zero-order chi connectivity index (χ0) is 20.8. The zero-order valence-corrected chi connectivity index (χ0v) is 16.6. The van der Waals surface area contributed by atoms with Crippen LogP contribution in [0.2, 0.25) is 0 Å². The third-order valence-corrected chi connectivity index (χ3v) is 4.64. The molecule has 0 aliphatic heterocycles. The van der Waals surface area contributed by atoms with Gasteiger partial charge in [0.25, 0.3) is 11.5 Å². The maximum atomic E-state index is 12.6. The summed E-state index contributed by atoms with van der Waals surface area (Å²) in [5.41, 5.74) is 1.83. The van der Waals surface area contributed by atoms with Crippen molar-refractivity contribution in [1.82, 2.24) is 9.88 Å². The average Bonchev–Trinajstić information content (AvgIpc) is 2.73. The Kier molecular flexibility index (Phi) is 6.44. The van der Waals surface area contributed by atoms with Crippen LogP contribution in [0.4, 0.5) is 0 Å². The quantitative estimate of drug-likeness (QED) is 0.625. The number of amides is 1. The zero-order valence-electron chi connectivity index (χ0n) is 16.6. The molecule has 0 fully saturated rings. The van der Waals surface area contributed by atoms with Crippen molar-refractivity contribution in [2.24, 2.45) is 0 Å². The number of carbonyl (C=O) groups is 2. The van der Waals surface area contributed by atoms with E-state index in [1.165, 1.54) is 0 Å². The smallest absolute Gasteiger partial charge is 0.355 e. The molecule has 2 aromatic carbocycles. The molecule has 3 aromatic rings. The largest absolute Gasteiger partial charge is 0.451 e. The Morgan fingerprint density at radius 3 is 2.52 bits per heavy atom. The summed E-state index contributed by atoms with van der Waals surface area (Å²) in [5.74, 6) is -1.00. The fraction of sp³-hybridized carbons (Fsp3) is 0.261. The molecular formula is C23H24N2O4. The lowest BCUT2D eigenvalue weighted by Crippen LogP contribution is -2.35. The number of aryl methyl sites for hydroxylation is 1. The number of rotatable bonds is 7. The van der Waals surface area contributed by atoms with Gasteiger partial charge >= 0.3 is 5.97 Å². The summed E-state index contributed by atoms with van der Waals surface area (Å²) in [7, 11) is 0. The predicted octanol–water partition coefficient (Wildman–Crippen LogP) is 3.43. The molecule has 29 heavy (non-hydrogen) atoms. The molecule has 0 atom stereocenters. The number of nitrogens with one attached hydrogen (secondary N) is 1. The van der Waals surface area contributed by atoms with Crippen LogP contribution in [0.15, 0.2) is 59.4 Å². The van der Waals surface area contributed by atoms with E-state index in [9.17, 15) is 14.4 Å². The molecule has 0 saturated carbocycles. The number of fused-ring (bicyclic) bond motifs is 1. The second kappa shape index (κ2) is 9.19. The van der Waals surface area contributed by atoms with Gasteiger partial charge in [0.15, 0.2) is 6.61 Å². The Labute approximate surface area is 169 Å². The first-order valence-electron chi connectivity index (χ1n) is 9.60. The first-order chi connectivity index (χ1) is 14.0. The molecule has 3 rings (SSSR count). The molecule has 1 heterocycles. The third-order valence-electron chi connectivity index (χ3n) is 4.64. The molecule has 150 valence electrons. The first-order valence-corrected chi connectivity index (χ1v) is 9.60. The molecule has 6 heteroatoms. The minimum absolute atomic E-state index is 0.0297. The Morgan fingerprint density at radius 1 is 1.07 bits per heavy atom. The Balaban J connectivity index is 1.66. The van der Waals surface area contributed by atoms with Gasteiger partial charge in [0.05, 0.1) is 0 Å². The Morgan fingerprint density at radius 2 is 1.79 bits per heavy atom.